The molecule has 0 aliphatic heterocycles. The number of esters is 1. The molecule has 1 aromatic carbocycles. The first kappa shape index (κ1) is 13.0. The van der Waals surface area contributed by atoms with E-state index >= 15 is 0 Å². The second-order valence-corrected chi connectivity index (χ2v) is 2.88. The minimum absolute atomic E-state index is 0.237. The SMILES string of the molecule is COC(=O)c1c(C=O)cccc1OC(F)(F)F. The van der Waals surface area contributed by atoms with Crippen LogP contribution in [0.2, 0.25) is 0 Å². The number of carbonyl (C=O) groups is 2. The second-order valence-electron chi connectivity index (χ2n) is 2.88. The number of hydrogen-bond donors (Lipinski definition) is 0. The van der Waals surface area contributed by atoms with Gasteiger partial charge in [-0.05, 0) is 6.07 Å². The molecule has 0 bridgehead atoms. The van der Waals surface area contributed by atoms with Crippen molar-refractivity contribution in [1.29, 1.82) is 0 Å². The van der Waals surface area contributed by atoms with Gasteiger partial charge in [0.15, 0.2) is 6.29 Å². The number of alkyl halides is 3. The molecule has 0 saturated heterocycles. The van der Waals surface area contributed by atoms with Crippen LogP contribution in [0.15, 0.2) is 18.2 Å². The van der Waals surface area contributed by atoms with E-state index in [4.69, 9.17) is 0 Å². The first-order valence-electron chi connectivity index (χ1n) is 4.31. The molecule has 1 aromatic rings. The Balaban J connectivity index is 3.29. The first-order chi connectivity index (χ1) is 7.89. The first-order valence-corrected chi connectivity index (χ1v) is 4.31. The molecule has 0 aliphatic rings. The fourth-order valence-corrected chi connectivity index (χ4v) is 1.18. The molecule has 0 amide bonds. The van der Waals surface area contributed by atoms with Crippen LogP contribution in [0.1, 0.15) is 20.7 Å². The molecule has 92 valence electrons. The van der Waals surface area contributed by atoms with Crippen molar-refractivity contribution in [3.8, 4) is 5.75 Å². The molecule has 0 aromatic heterocycles. The van der Waals surface area contributed by atoms with E-state index in [1.54, 1.807) is 0 Å². The Morgan fingerprint density at radius 1 is 1.35 bits per heavy atom. The third-order valence-corrected chi connectivity index (χ3v) is 1.80. The predicted octanol–water partition coefficient (Wildman–Crippen LogP) is 2.18. The van der Waals surface area contributed by atoms with E-state index < -0.39 is 23.6 Å². The maximum absolute atomic E-state index is 12.1. The molecule has 0 radical (unpaired) electrons. The molecule has 0 aliphatic carbocycles. The van der Waals surface area contributed by atoms with E-state index in [0.717, 1.165) is 19.2 Å². The molecule has 0 saturated carbocycles. The Hall–Kier alpha value is -2.05. The van der Waals surface area contributed by atoms with Crippen molar-refractivity contribution in [3.63, 3.8) is 0 Å². The van der Waals surface area contributed by atoms with Gasteiger partial charge in [-0.15, -0.1) is 13.2 Å². The molecule has 0 heterocycles. The number of aldehydes is 1. The Morgan fingerprint density at radius 3 is 2.47 bits per heavy atom. The molecule has 0 spiro atoms. The topological polar surface area (TPSA) is 52.6 Å². The molecule has 1 rings (SSSR count). The minimum Gasteiger partial charge on any atom is -0.465 e. The maximum Gasteiger partial charge on any atom is 0.573 e. The molecule has 17 heavy (non-hydrogen) atoms. The van der Waals surface area contributed by atoms with Crippen LogP contribution in [0.5, 0.6) is 5.75 Å². The van der Waals surface area contributed by atoms with Crippen LogP contribution in [0.3, 0.4) is 0 Å². The van der Waals surface area contributed by atoms with Crippen molar-refractivity contribution in [2.45, 2.75) is 6.36 Å². The summed E-state index contributed by atoms with van der Waals surface area (Å²) < 4.78 is 44.1. The highest BCUT2D eigenvalue weighted by molar-refractivity contribution is 6.00. The number of rotatable bonds is 3. The normalized spacial score (nSPS) is 10.8. The molecular formula is C10H7F3O4. The van der Waals surface area contributed by atoms with Crippen LogP contribution in [0.25, 0.3) is 0 Å². The highest BCUT2D eigenvalue weighted by atomic mass is 19.4. The van der Waals surface area contributed by atoms with Gasteiger partial charge in [0.2, 0.25) is 0 Å². The van der Waals surface area contributed by atoms with E-state index in [-0.39, 0.29) is 11.8 Å². The minimum atomic E-state index is -4.95. The summed E-state index contributed by atoms with van der Waals surface area (Å²) in [5.74, 6) is -1.85. The summed E-state index contributed by atoms with van der Waals surface area (Å²) in [4.78, 5) is 21.9. The molecule has 0 atom stereocenters. The van der Waals surface area contributed by atoms with Crippen molar-refractivity contribution in [2.24, 2.45) is 0 Å². The number of carbonyl (C=O) groups excluding carboxylic acids is 2. The zero-order valence-corrected chi connectivity index (χ0v) is 8.58. The van der Waals surface area contributed by atoms with Gasteiger partial charge < -0.3 is 9.47 Å². The lowest BCUT2D eigenvalue weighted by Gasteiger charge is -2.13. The highest BCUT2D eigenvalue weighted by Gasteiger charge is 2.33. The van der Waals surface area contributed by atoms with Gasteiger partial charge >= 0.3 is 12.3 Å². The molecule has 7 heteroatoms. The third kappa shape index (κ3) is 3.20. The number of methoxy groups -OCH3 is 1. The van der Waals surface area contributed by atoms with Crippen molar-refractivity contribution in [3.05, 3.63) is 29.3 Å². The van der Waals surface area contributed by atoms with Crippen LogP contribution >= 0.6 is 0 Å². The quantitative estimate of drug-likeness (QED) is 0.607. The van der Waals surface area contributed by atoms with E-state index in [9.17, 15) is 22.8 Å². The van der Waals surface area contributed by atoms with Crippen molar-refractivity contribution in [1.82, 2.24) is 0 Å². The lowest BCUT2D eigenvalue weighted by molar-refractivity contribution is -0.274. The lowest BCUT2D eigenvalue weighted by atomic mass is 10.1. The molecule has 0 fully saturated rings. The van der Waals surface area contributed by atoms with Gasteiger partial charge in [0.25, 0.3) is 0 Å². The fourth-order valence-electron chi connectivity index (χ4n) is 1.18. The molecule has 0 unspecified atom stereocenters. The van der Waals surface area contributed by atoms with E-state index in [2.05, 4.69) is 9.47 Å². The monoisotopic (exact) mass is 248 g/mol. The van der Waals surface area contributed by atoms with Crippen LogP contribution in [-0.2, 0) is 4.74 Å². The van der Waals surface area contributed by atoms with Crippen molar-refractivity contribution in [2.75, 3.05) is 7.11 Å². The predicted molar refractivity (Wildman–Crippen MR) is 49.9 cm³/mol. The highest BCUT2D eigenvalue weighted by Crippen LogP contribution is 2.28. The Kier molecular flexibility index (Phi) is 3.72. The maximum atomic E-state index is 12.1. The van der Waals surface area contributed by atoms with E-state index in [1.165, 1.54) is 6.07 Å². The average molecular weight is 248 g/mol. The average Bonchev–Trinajstić information content (AvgIpc) is 2.25. The van der Waals surface area contributed by atoms with Crippen LogP contribution < -0.4 is 4.74 Å². The van der Waals surface area contributed by atoms with E-state index in [0.29, 0.717) is 0 Å². The van der Waals surface area contributed by atoms with Gasteiger partial charge in [0.1, 0.15) is 11.3 Å². The van der Waals surface area contributed by atoms with Crippen molar-refractivity contribution >= 4 is 12.3 Å². The standard InChI is InChI=1S/C10H7F3O4/c1-16-9(15)8-6(5-14)3-2-4-7(8)17-10(11,12)13/h2-5H,1H3. The summed E-state index contributed by atoms with van der Waals surface area (Å²) >= 11 is 0. The smallest absolute Gasteiger partial charge is 0.465 e. The van der Waals surface area contributed by atoms with Gasteiger partial charge in [-0.1, -0.05) is 12.1 Å². The van der Waals surface area contributed by atoms with Crippen molar-refractivity contribution < 1.29 is 32.2 Å². The largest absolute Gasteiger partial charge is 0.573 e. The summed E-state index contributed by atoms with van der Waals surface area (Å²) in [6.07, 6.45) is -4.71. The van der Waals surface area contributed by atoms with Gasteiger partial charge in [-0.25, -0.2) is 4.79 Å². The second kappa shape index (κ2) is 4.86. The summed E-state index contributed by atoms with van der Waals surface area (Å²) in [6, 6.07) is 3.27. The molecule has 4 nitrogen and oxygen atoms in total. The summed E-state index contributed by atoms with van der Waals surface area (Å²) in [5.41, 5.74) is -0.791. The summed E-state index contributed by atoms with van der Waals surface area (Å²) in [7, 11) is 0.987. The Labute approximate surface area is 93.9 Å². The lowest BCUT2D eigenvalue weighted by Crippen LogP contribution is -2.20. The van der Waals surface area contributed by atoms with E-state index in [1.807, 2.05) is 0 Å². The third-order valence-electron chi connectivity index (χ3n) is 1.80. The van der Waals surface area contributed by atoms with Crippen LogP contribution in [0.4, 0.5) is 13.2 Å². The number of halogens is 3. The van der Waals surface area contributed by atoms with Crippen LogP contribution in [0, 0.1) is 0 Å². The summed E-state index contributed by atoms with van der Waals surface area (Å²) in [6.45, 7) is 0. The Bertz CT molecular complexity index is 440. The van der Waals surface area contributed by atoms with Gasteiger partial charge in [-0.3, -0.25) is 4.79 Å². The molecule has 0 N–H and O–H groups in total. The molecular weight excluding hydrogens is 241 g/mol. The van der Waals surface area contributed by atoms with Crippen LogP contribution in [-0.4, -0.2) is 25.7 Å². The number of benzene rings is 1. The number of ether oxygens (including phenoxy) is 2. The zero-order chi connectivity index (χ0) is 13.1. The number of hydrogen-bond acceptors (Lipinski definition) is 4. The van der Waals surface area contributed by atoms with Gasteiger partial charge in [0.05, 0.1) is 7.11 Å². The fraction of sp³-hybridized carbons (Fsp3) is 0.200. The zero-order valence-electron chi connectivity index (χ0n) is 8.58. The Morgan fingerprint density at radius 2 is 2.00 bits per heavy atom. The van der Waals surface area contributed by atoms with Gasteiger partial charge in [0, 0.05) is 5.56 Å². The van der Waals surface area contributed by atoms with Gasteiger partial charge in [-0.2, -0.15) is 0 Å². The summed E-state index contributed by atoms with van der Waals surface area (Å²) in [5, 5.41) is 0.